The zero-order valence-corrected chi connectivity index (χ0v) is 11.9. The monoisotopic (exact) mass is 246 g/mol. The lowest BCUT2D eigenvalue weighted by Crippen LogP contribution is -2.43. The molecule has 0 bridgehead atoms. The second-order valence-electron chi connectivity index (χ2n) is 6.71. The highest BCUT2D eigenvalue weighted by molar-refractivity contribution is 5.54. The number of rotatable bonds is 4. The van der Waals surface area contributed by atoms with Gasteiger partial charge in [0.25, 0.3) is 0 Å². The smallest absolute Gasteiger partial charge is 0.0378 e. The summed E-state index contributed by atoms with van der Waals surface area (Å²) >= 11 is 0. The molecule has 0 aliphatic heterocycles. The number of benzene rings is 1. The first-order valence-corrected chi connectivity index (χ1v) is 7.00. The molecule has 0 radical (unpaired) electrons. The van der Waals surface area contributed by atoms with E-state index in [0.717, 1.165) is 13.1 Å². The molecule has 0 heterocycles. The molecule has 2 rings (SSSR count). The van der Waals surface area contributed by atoms with E-state index < -0.39 is 0 Å². The Morgan fingerprint density at radius 3 is 2.39 bits per heavy atom. The third-order valence-corrected chi connectivity index (χ3v) is 4.24. The number of hydrogen-bond acceptors (Lipinski definition) is 2. The van der Waals surface area contributed by atoms with Crippen LogP contribution >= 0.6 is 0 Å². The molecular formula is C16H26N2. The van der Waals surface area contributed by atoms with Gasteiger partial charge < -0.3 is 11.1 Å². The molecule has 1 aliphatic carbocycles. The van der Waals surface area contributed by atoms with Gasteiger partial charge in [0.2, 0.25) is 0 Å². The minimum absolute atomic E-state index is 0.180. The van der Waals surface area contributed by atoms with Crippen molar-refractivity contribution in [2.45, 2.75) is 45.4 Å². The van der Waals surface area contributed by atoms with Gasteiger partial charge in [-0.25, -0.2) is 0 Å². The zero-order chi connectivity index (χ0) is 13.2. The van der Waals surface area contributed by atoms with Crippen molar-refractivity contribution in [3.63, 3.8) is 0 Å². The van der Waals surface area contributed by atoms with Crippen LogP contribution in [0.1, 0.15) is 45.6 Å². The van der Waals surface area contributed by atoms with Gasteiger partial charge in [0.05, 0.1) is 0 Å². The summed E-state index contributed by atoms with van der Waals surface area (Å²) in [5.41, 5.74) is 9.10. The Hall–Kier alpha value is -1.02. The molecule has 0 unspecified atom stereocenters. The first-order valence-electron chi connectivity index (χ1n) is 7.00. The molecule has 0 aromatic heterocycles. The molecule has 1 aromatic rings. The Kier molecular flexibility index (Phi) is 3.67. The van der Waals surface area contributed by atoms with Crippen molar-refractivity contribution < 1.29 is 0 Å². The molecule has 2 heteroatoms. The van der Waals surface area contributed by atoms with Crippen LogP contribution in [0.15, 0.2) is 24.3 Å². The average molecular weight is 246 g/mol. The topological polar surface area (TPSA) is 38.0 Å². The van der Waals surface area contributed by atoms with Crippen molar-refractivity contribution in [1.82, 2.24) is 0 Å². The highest BCUT2D eigenvalue weighted by atomic mass is 14.9. The fourth-order valence-electron chi connectivity index (χ4n) is 2.70. The van der Waals surface area contributed by atoms with Gasteiger partial charge in [0, 0.05) is 12.2 Å². The molecule has 0 saturated heterocycles. The molecule has 1 fully saturated rings. The summed E-state index contributed by atoms with van der Waals surface area (Å²) in [7, 11) is 0. The van der Waals surface area contributed by atoms with E-state index >= 15 is 0 Å². The van der Waals surface area contributed by atoms with E-state index in [1.54, 1.807) is 0 Å². The summed E-state index contributed by atoms with van der Waals surface area (Å²) in [4.78, 5) is 0. The van der Waals surface area contributed by atoms with Gasteiger partial charge in [0.15, 0.2) is 0 Å². The van der Waals surface area contributed by atoms with Crippen LogP contribution < -0.4 is 11.1 Å². The molecule has 1 aliphatic rings. The normalized spacial score (nSPS) is 18.2. The highest BCUT2D eigenvalue weighted by Crippen LogP contribution is 2.40. The third kappa shape index (κ3) is 2.69. The predicted octanol–water partition coefficient (Wildman–Crippen LogP) is 3.53. The van der Waals surface area contributed by atoms with Gasteiger partial charge in [-0.1, -0.05) is 45.4 Å². The van der Waals surface area contributed by atoms with E-state index in [0.29, 0.717) is 5.41 Å². The Morgan fingerprint density at radius 2 is 1.89 bits per heavy atom. The van der Waals surface area contributed by atoms with Crippen molar-refractivity contribution in [2.75, 3.05) is 18.4 Å². The van der Waals surface area contributed by atoms with E-state index in [4.69, 9.17) is 5.73 Å². The number of nitrogens with one attached hydrogen (secondary N) is 1. The Morgan fingerprint density at radius 1 is 1.22 bits per heavy atom. The Balaban J connectivity index is 2.10. The van der Waals surface area contributed by atoms with Crippen molar-refractivity contribution in [2.24, 2.45) is 11.1 Å². The summed E-state index contributed by atoms with van der Waals surface area (Å²) in [6, 6.07) is 8.63. The largest absolute Gasteiger partial charge is 0.384 e. The first kappa shape index (κ1) is 13.4. The number of hydrogen-bond donors (Lipinski definition) is 2. The predicted molar refractivity (Wildman–Crippen MR) is 79.0 cm³/mol. The van der Waals surface area contributed by atoms with Gasteiger partial charge >= 0.3 is 0 Å². The summed E-state index contributed by atoms with van der Waals surface area (Å²) in [5.74, 6) is 0. The minimum atomic E-state index is 0.180. The first-order chi connectivity index (χ1) is 8.47. The average Bonchev–Trinajstić information content (AvgIpc) is 2.27. The minimum Gasteiger partial charge on any atom is -0.384 e. The van der Waals surface area contributed by atoms with E-state index in [1.165, 1.54) is 30.5 Å². The zero-order valence-electron chi connectivity index (χ0n) is 11.9. The van der Waals surface area contributed by atoms with Crippen molar-refractivity contribution >= 4 is 5.69 Å². The SMILES string of the molecule is CC(C)(C)c1ccccc1NCC1(CN)CCC1. The molecule has 2 nitrogen and oxygen atoms in total. The van der Waals surface area contributed by atoms with Gasteiger partial charge in [-0.2, -0.15) is 0 Å². The molecule has 0 spiro atoms. The second kappa shape index (κ2) is 4.93. The maximum absolute atomic E-state index is 5.92. The molecule has 100 valence electrons. The van der Waals surface area contributed by atoms with Crippen LogP contribution in [0.2, 0.25) is 0 Å². The molecule has 1 saturated carbocycles. The summed E-state index contributed by atoms with van der Waals surface area (Å²) in [5, 5.41) is 3.63. The van der Waals surface area contributed by atoms with Crippen LogP contribution in [-0.2, 0) is 5.41 Å². The van der Waals surface area contributed by atoms with Crippen LogP contribution in [-0.4, -0.2) is 13.1 Å². The highest BCUT2D eigenvalue weighted by Gasteiger charge is 2.35. The fourth-order valence-corrected chi connectivity index (χ4v) is 2.70. The van der Waals surface area contributed by atoms with Gasteiger partial charge in [0.1, 0.15) is 0 Å². The standard InChI is InChI=1S/C16H26N2/c1-15(2,3)13-7-4-5-8-14(13)18-12-16(11-17)9-6-10-16/h4-5,7-8,18H,6,9-12,17H2,1-3H3. The lowest BCUT2D eigenvalue weighted by atomic mass is 9.68. The van der Waals surface area contributed by atoms with Crippen LogP contribution in [0.5, 0.6) is 0 Å². The van der Waals surface area contributed by atoms with E-state index in [-0.39, 0.29) is 5.41 Å². The summed E-state index contributed by atoms with van der Waals surface area (Å²) in [6.07, 6.45) is 3.88. The molecular weight excluding hydrogens is 220 g/mol. The Labute approximate surface area is 111 Å². The number of para-hydroxylation sites is 1. The number of nitrogens with two attached hydrogens (primary N) is 1. The third-order valence-electron chi connectivity index (χ3n) is 4.24. The molecule has 0 atom stereocenters. The van der Waals surface area contributed by atoms with Crippen LogP contribution in [0.3, 0.4) is 0 Å². The van der Waals surface area contributed by atoms with E-state index in [1.807, 2.05) is 0 Å². The Bertz CT molecular complexity index is 394. The van der Waals surface area contributed by atoms with Gasteiger partial charge in [-0.15, -0.1) is 0 Å². The van der Waals surface area contributed by atoms with Crippen molar-refractivity contribution in [3.8, 4) is 0 Å². The summed E-state index contributed by atoms with van der Waals surface area (Å²) < 4.78 is 0. The maximum Gasteiger partial charge on any atom is 0.0378 e. The number of anilines is 1. The van der Waals surface area contributed by atoms with Crippen LogP contribution in [0.25, 0.3) is 0 Å². The maximum atomic E-state index is 5.92. The fraction of sp³-hybridized carbons (Fsp3) is 0.625. The molecule has 1 aromatic carbocycles. The molecule has 18 heavy (non-hydrogen) atoms. The lowest BCUT2D eigenvalue weighted by Gasteiger charge is -2.41. The van der Waals surface area contributed by atoms with E-state index in [9.17, 15) is 0 Å². The van der Waals surface area contributed by atoms with Gasteiger partial charge in [-0.05, 0) is 41.8 Å². The van der Waals surface area contributed by atoms with E-state index in [2.05, 4.69) is 50.4 Å². The summed E-state index contributed by atoms with van der Waals surface area (Å²) in [6.45, 7) is 8.59. The van der Waals surface area contributed by atoms with Crippen LogP contribution in [0, 0.1) is 5.41 Å². The van der Waals surface area contributed by atoms with Crippen LogP contribution in [0.4, 0.5) is 5.69 Å². The quantitative estimate of drug-likeness (QED) is 0.853. The molecule has 3 N–H and O–H groups in total. The lowest BCUT2D eigenvalue weighted by molar-refractivity contribution is 0.163. The van der Waals surface area contributed by atoms with Crippen molar-refractivity contribution in [3.05, 3.63) is 29.8 Å². The second-order valence-corrected chi connectivity index (χ2v) is 6.71. The molecule has 0 amide bonds. The van der Waals surface area contributed by atoms with Crippen molar-refractivity contribution in [1.29, 1.82) is 0 Å². The van der Waals surface area contributed by atoms with Gasteiger partial charge in [-0.3, -0.25) is 0 Å².